The molecule has 26 heavy (non-hydrogen) atoms. The standard InChI is InChI=1S/C19H21F3N2O.ClH/c1-23-12-17(25)18(14-6-4-7-15(11-14)19(20,21)22)24-10-9-13-5-2-3-8-16(13)24;/h2-8,11,17-18,23,25H,9-10,12H2,1H3;1H/t17-,18+;/m1./s1. The lowest BCUT2D eigenvalue weighted by molar-refractivity contribution is -0.137. The molecule has 0 aliphatic carbocycles. The first kappa shape index (κ1) is 20.6. The first-order valence-electron chi connectivity index (χ1n) is 8.26. The van der Waals surface area contributed by atoms with Crippen LogP contribution in [0.15, 0.2) is 48.5 Å². The van der Waals surface area contributed by atoms with Crippen molar-refractivity contribution in [3.05, 3.63) is 65.2 Å². The molecule has 142 valence electrons. The van der Waals surface area contributed by atoms with Crippen LogP contribution in [0.1, 0.15) is 22.7 Å². The summed E-state index contributed by atoms with van der Waals surface area (Å²) < 4.78 is 39.3. The summed E-state index contributed by atoms with van der Waals surface area (Å²) in [6.45, 7) is 0.959. The Labute approximate surface area is 157 Å². The molecule has 0 amide bonds. The Morgan fingerprint density at radius 2 is 1.88 bits per heavy atom. The van der Waals surface area contributed by atoms with Crippen LogP contribution in [0.3, 0.4) is 0 Å². The number of likely N-dealkylation sites (N-methyl/N-ethyl adjacent to an activating group) is 1. The Balaban J connectivity index is 0.00000243. The fraction of sp³-hybridized carbons (Fsp3) is 0.368. The first-order chi connectivity index (χ1) is 11.9. The normalized spacial score (nSPS) is 16.0. The molecule has 2 aromatic rings. The van der Waals surface area contributed by atoms with Crippen LogP contribution in [0.25, 0.3) is 0 Å². The number of halogens is 4. The van der Waals surface area contributed by atoms with Crippen molar-refractivity contribution in [2.24, 2.45) is 0 Å². The van der Waals surface area contributed by atoms with Gasteiger partial charge < -0.3 is 15.3 Å². The number of nitrogens with zero attached hydrogens (tertiary/aromatic N) is 1. The molecule has 0 bridgehead atoms. The van der Waals surface area contributed by atoms with Crippen molar-refractivity contribution in [2.75, 3.05) is 25.0 Å². The van der Waals surface area contributed by atoms with Crippen molar-refractivity contribution in [2.45, 2.75) is 24.7 Å². The van der Waals surface area contributed by atoms with Gasteiger partial charge in [-0.05, 0) is 42.8 Å². The van der Waals surface area contributed by atoms with E-state index < -0.39 is 23.9 Å². The Morgan fingerprint density at radius 3 is 2.58 bits per heavy atom. The topological polar surface area (TPSA) is 35.5 Å². The third-order valence-electron chi connectivity index (χ3n) is 4.59. The van der Waals surface area contributed by atoms with Crippen LogP contribution in [0.4, 0.5) is 18.9 Å². The van der Waals surface area contributed by atoms with Gasteiger partial charge in [-0.3, -0.25) is 0 Å². The van der Waals surface area contributed by atoms with Crippen LogP contribution >= 0.6 is 12.4 Å². The monoisotopic (exact) mass is 386 g/mol. The van der Waals surface area contributed by atoms with Crippen molar-refractivity contribution >= 4 is 18.1 Å². The number of anilines is 1. The molecule has 0 saturated heterocycles. The summed E-state index contributed by atoms with van der Waals surface area (Å²) in [5.41, 5.74) is 1.89. The summed E-state index contributed by atoms with van der Waals surface area (Å²) in [4.78, 5) is 2.01. The minimum atomic E-state index is -4.41. The van der Waals surface area contributed by atoms with E-state index in [1.807, 2.05) is 29.2 Å². The van der Waals surface area contributed by atoms with E-state index in [1.165, 1.54) is 6.07 Å². The lowest BCUT2D eigenvalue weighted by atomic mass is 9.97. The molecule has 3 rings (SSSR count). The van der Waals surface area contributed by atoms with Gasteiger partial charge >= 0.3 is 6.18 Å². The molecule has 2 atom stereocenters. The fourth-order valence-electron chi connectivity index (χ4n) is 3.48. The Hall–Kier alpha value is -1.76. The van der Waals surface area contributed by atoms with Gasteiger partial charge in [0.25, 0.3) is 0 Å². The third-order valence-corrected chi connectivity index (χ3v) is 4.59. The lowest BCUT2D eigenvalue weighted by Crippen LogP contribution is -2.40. The molecule has 1 aliphatic rings. The molecule has 0 radical (unpaired) electrons. The lowest BCUT2D eigenvalue weighted by Gasteiger charge is -2.34. The summed E-state index contributed by atoms with van der Waals surface area (Å²) in [6, 6.07) is 12.5. The van der Waals surface area contributed by atoms with E-state index in [-0.39, 0.29) is 12.4 Å². The van der Waals surface area contributed by atoms with Gasteiger partial charge in [0, 0.05) is 18.8 Å². The smallest absolute Gasteiger partial charge is 0.389 e. The van der Waals surface area contributed by atoms with Crippen LogP contribution in [0.5, 0.6) is 0 Å². The molecule has 2 N–H and O–H groups in total. The van der Waals surface area contributed by atoms with E-state index in [0.717, 1.165) is 29.8 Å². The number of alkyl halides is 3. The molecular formula is C19H22ClF3N2O. The van der Waals surface area contributed by atoms with Gasteiger partial charge in [-0.1, -0.05) is 30.3 Å². The number of nitrogens with one attached hydrogen (secondary N) is 1. The summed E-state index contributed by atoms with van der Waals surface area (Å²) in [5, 5.41) is 13.6. The zero-order valence-electron chi connectivity index (χ0n) is 14.3. The van der Waals surface area contributed by atoms with E-state index >= 15 is 0 Å². The van der Waals surface area contributed by atoms with Gasteiger partial charge in [-0.25, -0.2) is 0 Å². The number of hydrogen-bond acceptors (Lipinski definition) is 3. The van der Waals surface area contributed by atoms with E-state index in [4.69, 9.17) is 0 Å². The highest BCUT2D eigenvalue weighted by Gasteiger charge is 2.35. The zero-order valence-corrected chi connectivity index (χ0v) is 15.1. The summed E-state index contributed by atoms with van der Waals surface area (Å²) in [7, 11) is 1.71. The van der Waals surface area contributed by atoms with E-state index in [9.17, 15) is 18.3 Å². The second-order valence-corrected chi connectivity index (χ2v) is 6.27. The number of benzene rings is 2. The average molecular weight is 387 g/mol. The number of aliphatic hydroxyl groups excluding tert-OH is 1. The summed E-state index contributed by atoms with van der Waals surface area (Å²) in [6.07, 6.45) is -4.42. The second-order valence-electron chi connectivity index (χ2n) is 6.27. The fourth-order valence-corrected chi connectivity index (χ4v) is 3.48. The van der Waals surface area contributed by atoms with Gasteiger partial charge in [0.15, 0.2) is 0 Å². The number of rotatable bonds is 5. The predicted molar refractivity (Wildman–Crippen MR) is 98.9 cm³/mol. The summed E-state index contributed by atoms with van der Waals surface area (Å²) >= 11 is 0. The van der Waals surface area contributed by atoms with Crippen LogP contribution in [0, 0.1) is 0 Å². The van der Waals surface area contributed by atoms with E-state index in [2.05, 4.69) is 5.32 Å². The van der Waals surface area contributed by atoms with Crippen molar-refractivity contribution in [1.29, 1.82) is 0 Å². The van der Waals surface area contributed by atoms with E-state index in [1.54, 1.807) is 13.1 Å². The molecule has 0 saturated carbocycles. The quantitative estimate of drug-likeness (QED) is 0.820. The van der Waals surface area contributed by atoms with Crippen molar-refractivity contribution < 1.29 is 18.3 Å². The van der Waals surface area contributed by atoms with Gasteiger partial charge in [-0.15, -0.1) is 12.4 Å². The van der Waals surface area contributed by atoms with Crippen LogP contribution < -0.4 is 10.2 Å². The molecule has 0 unspecified atom stereocenters. The highest BCUT2D eigenvalue weighted by Crippen LogP contribution is 2.38. The minimum Gasteiger partial charge on any atom is -0.389 e. The molecule has 2 aromatic carbocycles. The molecule has 7 heteroatoms. The Kier molecular flexibility index (Phi) is 6.55. The number of aliphatic hydroxyl groups is 1. The van der Waals surface area contributed by atoms with Crippen molar-refractivity contribution in [1.82, 2.24) is 5.32 Å². The number of para-hydroxylation sites is 1. The molecule has 3 nitrogen and oxygen atoms in total. The molecule has 0 spiro atoms. The third kappa shape index (κ3) is 4.14. The van der Waals surface area contributed by atoms with Crippen LogP contribution in [-0.2, 0) is 12.6 Å². The van der Waals surface area contributed by atoms with Gasteiger partial charge in [0.1, 0.15) is 0 Å². The van der Waals surface area contributed by atoms with Crippen LogP contribution in [-0.4, -0.2) is 31.3 Å². The summed E-state index contributed by atoms with van der Waals surface area (Å²) in [5.74, 6) is 0. The Bertz CT molecular complexity index is 739. The van der Waals surface area contributed by atoms with Gasteiger partial charge in [0.2, 0.25) is 0 Å². The van der Waals surface area contributed by atoms with Gasteiger partial charge in [0.05, 0.1) is 17.7 Å². The number of fused-ring (bicyclic) bond motifs is 1. The predicted octanol–water partition coefficient (Wildman–Crippen LogP) is 3.81. The maximum atomic E-state index is 13.1. The van der Waals surface area contributed by atoms with Crippen LogP contribution in [0.2, 0.25) is 0 Å². The van der Waals surface area contributed by atoms with Crippen molar-refractivity contribution in [3.8, 4) is 0 Å². The van der Waals surface area contributed by atoms with Gasteiger partial charge in [-0.2, -0.15) is 13.2 Å². The molecule has 1 aliphatic heterocycles. The zero-order chi connectivity index (χ0) is 18.0. The highest BCUT2D eigenvalue weighted by atomic mass is 35.5. The molecule has 0 aromatic heterocycles. The Morgan fingerprint density at radius 1 is 1.15 bits per heavy atom. The maximum absolute atomic E-state index is 13.1. The number of hydrogen-bond donors (Lipinski definition) is 2. The van der Waals surface area contributed by atoms with E-state index in [0.29, 0.717) is 18.7 Å². The molecular weight excluding hydrogens is 365 g/mol. The maximum Gasteiger partial charge on any atom is 0.416 e. The highest BCUT2D eigenvalue weighted by molar-refractivity contribution is 5.85. The minimum absolute atomic E-state index is 0. The van der Waals surface area contributed by atoms with Crippen molar-refractivity contribution in [3.63, 3.8) is 0 Å². The molecule has 0 fully saturated rings. The largest absolute Gasteiger partial charge is 0.416 e. The first-order valence-corrected chi connectivity index (χ1v) is 8.26. The average Bonchev–Trinajstić information content (AvgIpc) is 2.99. The SMILES string of the molecule is CNC[C@@H](O)[C@H](c1cccc(C(F)(F)F)c1)N1CCc2ccccc21.Cl. The molecule has 1 heterocycles. The second kappa shape index (κ2) is 8.29.